The van der Waals surface area contributed by atoms with E-state index in [1.165, 1.54) is 0 Å². The molecule has 0 aromatic carbocycles. The summed E-state index contributed by atoms with van der Waals surface area (Å²) in [5, 5.41) is 0. The Kier molecular flexibility index (Phi) is 3.91. The Balaban J connectivity index is 2.17. The fourth-order valence-corrected chi connectivity index (χ4v) is 1.99. The minimum Gasteiger partial charge on any atom is -0.400 e. The summed E-state index contributed by atoms with van der Waals surface area (Å²) >= 11 is 0. The molecule has 0 radical (unpaired) electrons. The number of aryl methyl sites for hydroxylation is 1. The smallest absolute Gasteiger partial charge is 0.400 e. The van der Waals surface area contributed by atoms with Gasteiger partial charge in [-0.1, -0.05) is 12.1 Å². The van der Waals surface area contributed by atoms with Gasteiger partial charge in [-0.2, -0.15) is 0 Å². The van der Waals surface area contributed by atoms with Gasteiger partial charge in [0, 0.05) is 11.8 Å². The molecule has 1 aliphatic heterocycles. The van der Waals surface area contributed by atoms with Gasteiger partial charge in [-0.15, -0.1) is 0 Å². The van der Waals surface area contributed by atoms with Crippen molar-refractivity contribution >= 4 is 19.0 Å². The highest BCUT2D eigenvalue weighted by molar-refractivity contribution is 6.52. The van der Waals surface area contributed by atoms with Gasteiger partial charge >= 0.3 is 7.12 Å². The second-order valence-corrected chi connectivity index (χ2v) is 6.08. The Morgan fingerprint density at radius 1 is 1.25 bits per heavy atom. The predicted molar refractivity (Wildman–Crippen MR) is 81.9 cm³/mol. The third kappa shape index (κ3) is 2.87. The van der Waals surface area contributed by atoms with Crippen LogP contribution in [0.15, 0.2) is 18.2 Å². The summed E-state index contributed by atoms with van der Waals surface area (Å²) in [6.07, 6.45) is 3.68. The van der Waals surface area contributed by atoms with Crippen LogP contribution in [0.3, 0.4) is 0 Å². The van der Waals surface area contributed by atoms with E-state index in [1.54, 1.807) is 6.20 Å². The predicted octanol–water partition coefficient (Wildman–Crippen LogP) is 2.32. The molecule has 2 heterocycles. The van der Waals surface area contributed by atoms with Crippen molar-refractivity contribution in [2.24, 2.45) is 5.84 Å². The van der Waals surface area contributed by atoms with Crippen molar-refractivity contribution < 1.29 is 9.31 Å². The Hall–Kier alpha value is -1.37. The van der Waals surface area contributed by atoms with Crippen LogP contribution in [0.5, 0.6) is 0 Å². The first-order chi connectivity index (χ1) is 9.25. The second kappa shape index (κ2) is 5.20. The quantitative estimate of drug-likeness (QED) is 0.503. The van der Waals surface area contributed by atoms with Crippen molar-refractivity contribution in [2.75, 3.05) is 5.43 Å². The molecule has 1 fully saturated rings. The van der Waals surface area contributed by atoms with E-state index in [0.29, 0.717) is 5.82 Å². The summed E-state index contributed by atoms with van der Waals surface area (Å²) in [6, 6.07) is 2.00. The topological polar surface area (TPSA) is 69.4 Å². The minimum absolute atomic E-state index is 0.332. The lowest BCUT2D eigenvalue weighted by Crippen LogP contribution is -2.41. The highest BCUT2D eigenvalue weighted by Gasteiger charge is 2.49. The number of nitrogens with one attached hydrogen (secondary N) is 1. The lowest BCUT2D eigenvalue weighted by atomic mass is 9.89. The van der Waals surface area contributed by atoms with E-state index in [9.17, 15) is 0 Å². The zero-order valence-corrected chi connectivity index (χ0v) is 12.7. The van der Waals surface area contributed by atoms with E-state index in [2.05, 4.69) is 10.4 Å². The average molecular weight is 275 g/mol. The molecular formula is C14H22BN3O2. The molecule has 20 heavy (non-hydrogen) atoms. The zero-order valence-electron chi connectivity index (χ0n) is 12.7. The van der Waals surface area contributed by atoms with E-state index < -0.39 is 0 Å². The third-order valence-electron chi connectivity index (χ3n) is 3.90. The largest absolute Gasteiger partial charge is 0.487 e. The van der Waals surface area contributed by atoms with Gasteiger partial charge < -0.3 is 14.7 Å². The minimum atomic E-state index is -0.369. The molecule has 3 N–H and O–H groups in total. The highest BCUT2D eigenvalue weighted by Crippen LogP contribution is 2.37. The Morgan fingerprint density at radius 2 is 1.85 bits per heavy atom. The molecule has 6 heteroatoms. The van der Waals surface area contributed by atoms with Crippen molar-refractivity contribution in [3.63, 3.8) is 0 Å². The van der Waals surface area contributed by atoms with Crippen LogP contribution in [0.1, 0.15) is 38.8 Å². The number of aromatic nitrogens is 1. The molecule has 0 unspecified atom stereocenters. The standard InChI is InChI=1S/C14H22BN3O2/c1-10-8-11(12(18-16)17-9-10)6-7-15-19-13(2,3)14(4,5)20-15/h6-9H,16H2,1-5H3,(H,17,18)/b7-6+. The zero-order chi connectivity index (χ0) is 15.0. The van der Waals surface area contributed by atoms with E-state index >= 15 is 0 Å². The number of nitrogen functional groups attached to an aromatic ring is 1. The van der Waals surface area contributed by atoms with Crippen molar-refractivity contribution in [2.45, 2.75) is 45.8 Å². The molecule has 1 aliphatic rings. The van der Waals surface area contributed by atoms with Gasteiger partial charge in [0.2, 0.25) is 0 Å². The maximum absolute atomic E-state index is 5.91. The lowest BCUT2D eigenvalue weighted by Gasteiger charge is -2.32. The monoisotopic (exact) mass is 275 g/mol. The van der Waals surface area contributed by atoms with E-state index in [-0.39, 0.29) is 18.3 Å². The molecule has 1 aromatic rings. The molecule has 0 spiro atoms. The van der Waals surface area contributed by atoms with Crippen LogP contribution in [-0.4, -0.2) is 23.3 Å². The van der Waals surface area contributed by atoms with Crippen LogP contribution in [0.4, 0.5) is 5.82 Å². The molecule has 1 saturated heterocycles. The molecule has 108 valence electrons. The number of nitrogens with two attached hydrogens (primary N) is 1. The first-order valence-corrected chi connectivity index (χ1v) is 6.72. The van der Waals surface area contributed by atoms with Gasteiger partial charge in [-0.05, 0) is 46.2 Å². The van der Waals surface area contributed by atoms with Crippen LogP contribution < -0.4 is 11.3 Å². The van der Waals surface area contributed by atoms with Gasteiger partial charge in [0.05, 0.1) is 11.2 Å². The average Bonchev–Trinajstić information content (AvgIpc) is 2.55. The number of pyridine rings is 1. The molecule has 0 atom stereocenters. The molecular weight excluding hydrogens is 253 g/mol. The third-order valence-corrected chi connectivity index (χ3v) is 3.90. The van der Waals surface area contributed by atoms with E-state index in [4.69, 9.17) is 15.2 Å². The summed E-state index contributed by atoms with van der Waals surface area (Å²) in [5.74, 6) is 7.97. The number of hydrogen-bond donors (Lipinski definition) is 2. The first kappa shape index (κ1) is 15.0. The number of hydrogen-bond acceptors (Lipinski definition) is 5. The Labute approximate surface area is 120 Å². The van der Waals surface area contributed by atoms with Crippen molar-refractivity contribution in [3.8, 4) is 0 Å². The molecule has 0 amide bonds. The van der Waals surface area contributed by atoms with Gasteiger partial charge in [0.1, 0.15) is 5.82 Å². The number of rotatable bonds is 3. The summed E-state index contributed by atoms with van der Waals surface area (Å²) in [4.78, 5) is 4.23. The molecule has 2 rings (SSSR count). The molecule has 0 aliphatic carbocycles. The van der Waals surface area contributed by atoms with Crippen LogP contribution in [0.25, 0.3) is 6.08 Å². The molecule has 1 aromatic heterocycles. The SMILES string of the molecule is Cc1cnc(NN)c(/C=C/B2OC(C)(C)C(C)(C)O2)c1. The lowest BCUT2D eigenvalue weighted by molar-refractivity contribution is 0.00578. The van der Waals surface area contributed by atoms with Gasteiger partial charge in [0.25, 0.3) is 0 Å². The first-order valence-electron chi connectivity index (χ1n) is 6.72. The maximum Gasteiger partial charge on any atom is 0.487 e. The van der Waals surface area contributed by atoms with Crippen LogP contribution in [-0.2, 0) is 9.31 Å². The highest BCUT2D eigenvalue weighted by atomic mass is 16.7. The summed E-state index contributed by atoms with van der Waals surface area (Å²) in [7, 11) is -0.369. The number of hydrazine groups is 1. The van der Waals surface area contributed by atoms with Gasteiger partial charge in [-0.3, -0.25) is 0 Å². The second-order valence-electron chi connectivity index (χ2n) is 6.08. The van der Waals surface area contributed by atoms with Crippen LogP contribution in [0.2, 0.25) is 0 Å². The van der Waals surface area contributed by atoms with Crippen LogP contribution >= 0.6 is 0 Å². The van der Waals surface area contributed by atoms with Crippen LogP contribution in [0, 0.1) is 6.92 Å². The summed E-state index contributed by atoms with van der Waals surface area (Å²) in [5.41, 5.74) is 3.90. The van der Waals surface area contributed by atoms with Gasteiger partial charge in [-0.25, -0.2) is 10.8 Å². The van der Waals surface area contributed by atoms with E-state index in [1.807, 2.05) is 52.7 Å². The number of anilines is 1. The van der Waals surface area contributed by atoms with E-state index in [0.717, 1.165) is 11.1 Å². The summed E-state index contributed by atoms with van der Waals surface area (Å²) < 4.78 is 11.8. The maximum atomic E-state index is 5.91. The van der Waals surface area contributed by atoms with Crippen molar-refractivity contribution in [1.29, 1.82) is 0 Å². The Morgan fingerprint density at radius 3 is 2.40 bits per heavy atom. The fourth-order valence-electron chi connectivity index (χ4n) is 1.99. The Bertz CT molecular complexity index is 513. The summed E-state index contributed by atoms with van der Waals surface area (Å²) in [6.45, 7) is 10.1. The van der Waals surface area contributed by atoms with Gasteiger partial charge in [0.15, 0.2) is 0 Å². The van der Waals surface area contributed by atoms with Crippen molar-refractivity contribution in [3.05, 3.63) is 29.4 Å². The molecule has 0 bridgehead atoms. The number of nitrogens with zero attached hydrogens (tertiary/aromatic N) is 1. The molecule has 0 saturated carbocycles. The molecule has 5 nitrogen and oxygen atoms in total. The fraction of sp³-hybridized carbons (Fsp3) is 0.500. The normalized spacial score (nSPS) is 20.6. The van der Waals surface area contributed by atoms with Crippen molar-refractivity contribution in [1.82, 2.24) is 4.98 Å².